The fraction of sp³-hybridized carbons (Fsp3) is 0.462. The van der Waals surface area contributed by atoms with E-state index in [2.05, 4.69) is 19.8 Å². The fourth-order valence-corrected chi connectivity index (χ4v) is 5.07. The summed E-state index contributed by atoms with van der Waals surface area (Å²) in [5.74, 6) is 1.35. The molecule has 2 aliphatic heterocycles. The minimum atomic E-state index is -0.309. The molecular formula is C26H31FN4O2. The van der Waals surface area contributed by atoms with Crippen molar-refractivity contribution in [2.75, 3.05) is 38.2 Å². The van der Waals surface area contributed by atoms with Crippen LogP contribution in [0.2, 0.25) is 0 Å². The first kappa shape index (κ1) is 21.7. The molecule has 5 rings (SSSR count). The van der Waals surface area contributed by atoms with Gasteiger partial charge in [-0.15, -0.1) is 0 Å². The molecule has 3 heterocycles. The largest absolute Gasteiger partial charge is 0.497 e. The molecule has 3 aromatic rings. The van der Waals surface area contributed by atoms with Crippen LogP contribution in [0.15, 0.2) is 36.4 Å². The van der Waals surface area contributed by atoms with Crippen LogP contribution in [-0.4, -0.2) is 54.1 Å². The van der Waals surface area contributed by atoms with E-state index in [4.69, 9.17) is 4.74 Å². The van der Waals surface area contributed by atoms with Crippen LogP contribution in [0.3, 0.4) is 0 Å². The summed E-state index contributed by atoms with van der Waals surface area (Å²) in [7, 11) is 1.62. The lowest BCUT2D eigenvalue weighted by Gasteiger charge is -2.35. The van der Waals surface area contributed by atoms with Gasteiger partial charge in [-0.2, -0.15) is 0 Å². The predicted molar refractivity (Wildman–Crippen MR) is 128 cm³/mol. The van der Waals surface area contributed by atoms with Crippen molar-refractivity contribution in [2.24, 2.45) is 5.92 Å². The van der Waals surface area contributed by atoms with Crippen LogP contribution in [0, 0.1) is 11.7 Å². The van der Waals surface area contributed by atoms with Gasteiger partial charge in [0.1, 0.15) is 17.4 Å². The smallest absolute Gasteiger partial charge is 0.225 e. The number of H-pyrrole nitrogens is 1. The Kier molecular flexibility index (Phi) is 6.20. The highest BCUT2D eigenvalue weighted by Gasteiger charge is 2.29. The van der Waals surface area contributed by atoms with Crippen molar-refractivity contribution >= 4 is 22.6 Å². The van der Waals surface area contributed by atoms with Gasteiger partial charge < -0.3 is 19.5 Å². The number of piperidine rings is 1. The SMILES string of the molecule is COc1ccc2nc(-c3cc(N4CCC(C(=O)N5CCCCCC5)CC4)ccc3F)[nH]c2c1. The lowest BCUT2D eigenvalue weighted by molar-refractivity contribution is -0.136. The zero-order valence-electron chi connectivity index (χ0n) is 19.1. The first-order chi connectivity index (χ1) is 16.1. The summed E-state index contributed by atoms with van der Waals surface area (Å²) in [5, 5.41) is 0. The third kappa shape index (κ3) is 4.54. The molecule has 1 N–H and O–H groups in total. The Labute approximate surface area is 193 Å². The van der Waals surface area contributed by atoms with Gasteiger partial charge in [0, 0.05) is 43.9 Å². The second-order valence-corrected chi connectivity index (χ2v) is 9.13. The number of ether oxygens (including phenoxy) is 1. The number of hydrogen-bond acceptors (Lipinski definition) is 4. The normalized spacial score (nSPS) is 17.9. The van der Waals surface area contributed by atoms with Crippen LogP contribution < -0.4 is 9.64 Å². The molecule has 6 nitrogen and oxygen atoms in total. The number of likely N-dealkylation sites (tertiary alicyclic amines) is 1. The maximum Gasteiger partial charge on any atom is 0.225 e. The molecule has 2 aliphatic rings. The first-order valence-electron chi connectivity index (χ1n) is 12.0. The lowest BCUT2D eigenvalue weighted by atomic mass is 9.94. The standard InChI is InChI=1S/C26H31FN4O2/c1-33-20-7-9-23-24(17-20)29-25(28-23)21-16-19(6-8-22(21)27)30-14-10-18(11-15-30)26(32)31-12-4-2-3-5-13-31/h6-9,16-18H,2-5,10-15H2,1H3,(H,28,29). The minimum absolute atomic E-state index is 0.102. The zero-order valence-corrected chi connectivity index (χ0v) is 19.1. The number of rotatable bonds is 4. The van der Waals surface area contributed by atoms with E-state index in [1.54, 1.807) is 7.11 Å². The van der Waals surface area contributed by atoms with Gasteiger partial charge in [0.2, 0.25) is 5.91 Å². The van der Waals surface area contributed by atoms with Crippen molar-refractivity contribution in [3.8, 4) is 17.1 Å². The molecule has 33 heavy (non-hydrogen) atoms. The Morgan fingerprint density at radius 2 is 1.79 bits per heavy atom. The number of fused-ring (bicyclic) bond motifs is 1. The van der Waals surface area contributed by atoms with Crippen molar-refractivity contribution in [1.82, 2.24) is 14.9 Å². The average Bonchev–Trinajstić information content (AvgIpc) is 3.08. The molecule has 2 aromatic carbocycles. The van der Waals surface area contributed by atoms with Crippen molar-refractivity contribution in [3.05, 3.63) is 42.2 Å². The zero-order chi connectivity index (χ0) is 22.8. The number of aromatic amines is 1. The second-order valence-electron chi connectivity index (χ2n) is 9.13. The maximum absolute atomic E-state index is 14.7. The highest BCUT2D eigenvalue weighted by Crippen LogP contribution is 2.31. The second kappa shape index (κ2) is 9.41. The third-order valence-electron chi connectivity index (χ3n) is 7.02. The summed E-state index contributed by atoms with van der Waals surface area (Å²) in [4.78, 5) is 25.1. The average molecular weight is 451 g/mol. The van der Waals surface area contributed by atoms with E-state index in [0.717, 1.165) is 74.3 Å². The number of carbonyl (C=O) groups excluding carboxylic acids is 1. The minimum Gasteiger partial charge on any atom is -0.497 e. The number of amides is 1. The van der Waals surface area contributed by atoms with Crippen molar-refractivity contribution in [2.45, 2.75) is 38.5 Å². The van der Waals surface area contributed by atoms with E-state index in [0.29, 0.717) is 17.3 Å². The van der Waals surface area contributed by atoms with Crippen LogP contribution in [0.1, 0.15) is 38.5 Å². The number of methoxy groups -OCH3 is 1. The molecule has 7 heteroatoms. The van der Waals surface area contributed by atoms with Crippen molar-refractivity contribution in [1.29, 1.82) is 0 Å². The number of carbonyl (C=O) groups is 1. The van der Waals surface area contributed by atoms with Crippen LogP contribution >= 0.6 is 0 Å². The molecule has 1 aromatic heterocycles. The first-order valence-corrected chi connectivity index (χ1v) is 12.0. The summed E-state index contributed by atoms with van der Waals surface area (Å²) in [6.45, 7) is 3.41. The highest BCUT2D eigenvalue weighted by atomic mass is 19.1. The Morgan fingerprint density at radius 1 is 1.03 bits per heavy atom. The van der Waals surface area contributed by atoms with E-state index in [1.807, 2.05) is 30.3 Å². The van der Waals surface area contributed by atoms with E-state index >= 15 is 0 Å². The molecule has 0 spiro atoms. The third-order valence-corrected chi connectivity index (χ3v) is 7.02. The molecular weight excluding hydrogens is 419 g/mol. The fourth-order valence-electron chi connectivity index (χ4n) is 5.07. The number of aromatic nitrogens is 2. The summed E-state index contributed by atoms with van der Waals surface area (Å²) >= 11 is 0. The maximum atomic E-state index is 14.7. The van der Waals surface area contributed by atoms with Crippen molar-refractivity contribution in [3.63, 3.8) is 0 Å². The van der Waals surface area contributed by atoms with Crippen LogP contribution in [0.4, 0.5) is 10.1 Å². The summed E-state index contributed by atoms with van der Waals surface area (Å²) in [5.41, 5.74) is 2.99. The van der Waals surface area contributed by atoms with Crippen molar-refractivity contribution < 1.29 is 13.9 Å². The van der Waals surface area contributed by atoms with E-state index in [9.17, 15) is 9.18 Å². The molecule has 2 fully saturated rings. The summed E-state index contributed by atoms with van der Waals surface area (Å²) in [6, 6.07) is 10.8. The molecule has 0 radical (unpaired) electrons. The Hall–Kier alpha value is -3.09. The molecule has 0 atom stereocenters. The van der Waals surface area contributed by atoms with Gasteiger partial charge >= 0.3 is 0 Å². The number of benzene rings is 2. The van der Waals surface area contributed by atoms with Gasteiger partial charge in [0.15, 0.2) is 0 Å². The van der Waals surface area contributed by atoms with Gasteiger partial charge in [-0.1, -0.05) is 12.8 Å². The van der Waals surface area contributed by atoms with Gasteiger partial charge in [0.05, 0.1) is 23.7 Å². The van der Waals surface area contributed by atoms with Gasteiger partial charge in [-0.05, 0) is 56.0 Å². The van der Waals surface area contributed by atoms with Gasteiger partial charge in [-0.3, -0.25) is 4.79 Å². The Bertz CT molecular complexity index is 1130. The van der Waals surface area contributed by atoms with Crippen LogP contribution in [-0.2, 0) is 4.79 Å². The lowest BCUT2D eigenvalue weighted by Crippen LogP contribution is -2.43. The van der Waals surface area contributed by atoms with Crippen LogP contribution in [0.5, 0.6) is 5.75 Å². The van der Waals surface area contributed by atoms with E-state index < -0.39 is 0 Å². The Balaban J connectivity index is 1.30. The number of hydrogen-bond donors (Lipinski definition) is 1. The quantitative estimate of drug-likeness (QED) is 0.608. The predicted octanol–water partition coefficient (Wildman–Crippen LogP) is 5.00. The number of anilines is 1. The monoisotopic (exact) mass is 450 g/mol. The van der Waals surface area contributed by atoms with Gasteiger partial charge in [-0.25, -0.2) is 9.37 Å². The summed E-state index contributed by atoms with van der Waals surface area (Å²) in [6.07, 6.45) is 6.38. The Morgan fingerprint density at radius 3 is 2.52 bits per heavy atom. The molecule has 0 aliphatic carbocycles. The molecule has 0 bridgehead atoms. The van der Waals surface area contributed by atoms with E-state index in [1.165, 1.54) is 18.9 Å². The number of nitrogens with one attached hydrogen (secondary N) is 1. The summed E-state index contributed by atoms with van der Waals surface area (Å²) < 4.78 is 20.0. The van der Waals surface area contributed by atoms with Crippen LogP contribution in [0.25, 0.3) is 22.4 Å². The number of halogens is 1. The van der Waals surface area contributed by atoms with Gasteiger partial charge in [0.25, 0.3) is 0 Å². The molecule has 174 valence electrons. The molecule has 1 amide bonds. The highest BCUT2D eigenvalue weighted by molar-refractivity contribution is 5.82. The van der Waals surface area contributed by atoms with E-state index in [-0.39, 0.29) is 11.7 Å². The molecule has 0 unspecified atom stereocenters. The number of nitrogens with zero attached hydrogens (tertiary/aromatic N) is 3. The molecule has 0 saturated carbocycles. The topological polar surface area (TPSA) is 61.5 Å². The molecule has 2 saturated heterocycles. The number of imidazole rings is 1.